The molecule has 0 atom stereocenters. The molecule has 0 saturated heterocycles. The quantitative estimate of drug-likeness (QED) is 0.614. The van der Waals surface area contributed by atoms with Crippen molar-refractivity contribution in [3.05, 3.63) is 59.9 Å². The first-order valence-corrected chi connectivity index (χ1v) is 4.51. The molecule has 0 radical (unpaired) electrons. The Morgan fingerprint density at radius 3 is 2.93 bits per heavy atom. The van der Waals surface area contributed by atoms with E-state index < -0.39 is 0 Å². The summed E-state index contributed by atoms with van der Waals surface area (Å²) in [6, 6.07) is 0. The van der Waals surface area contributed by atoms with Crippen LogP contribution in [0.5, 0.6) is 0 Å². The Morgan fingerprint density at radius 2 is 2.07 bits per heavy atom. The number of amides is 1. The molecular weight excluding hydrogens is 174 g/mol. The van der Waals surface area contributed by atoms with Gasteiger partial charge in [-0.15, -0.1) is 0 Å². The highest BCUT2D eigenvalue weighted by Crippen LogP contribution is 2.18. The van der Waals surface area contributed by atoms with Crippen molar-refractivity contribution in [2.24, 2.45) is 0 Å². The van der Waals surface area contributed by atoms with Crippen LogP contribution < -0.4 is 5.32 Å². The number of rotatable bonds is 0. The summed E-state index contributed by atoms with van der Waals surface area (Å²) in [4.78, 5) is 11.2. The van der Waals surface area contributed by atoms with Gasteiger partial charge in [-0.3, -0.25) is 4.79 Å². The van der Waals surface area contributed by atoms with Crippen LogP contribution in [0.15, 0.2) is 59.9 Å². The SMILES string of the molecule is C=C1/C=C\C=C/C2=CCC(=O)N/C2=C/1. The van der Waals surface area contributed by atoms with Crippen LogP contribution in [0.3, 0.4) is 0 Å². The molecule has 2 heteroatoms. The van der Waals surface area contributed by atoms with E-state index in [1.165, 1.54) is 0 Å². The second kappa shape index (κ2) is 3.50. The molecule has 2 aliphatic rings. The van der Waals surface area contributed by atoms with E-state index in [4.69, 9.17) is 0 Å². The van der Waals surface area contributed by atoms with E-state index in [9.17, 15) is 4.79 Å². The molecule has 1 aliphatic carbocycles. The lowest BCUT2D eigenvalue weighted by molar-refractivity contribution is -0.119. The average molecular weight is 185 g/mol. The summed E-state index contributed by atoms with van der Waals surface area (Å²) < 4.78 is 0. The van der Waals surface area contributed by atoms with E-state index in [2.05, 4.69) is 11.9 Å². The molecule has 70 valence electrons. The minimum atomic E-state index is 0.0331. The van der Waals surface area contributed by atoms with E-state index in [0.29, 0.717) is 6.42 Å². The topological polar surface area (TPSA) is 29.1 Å². The first-order chi connectivity index (χ1) is 6.75. The fourth-order valence-corrected chi connectivity index (χ4v) is 1.44. The molecule has 1 N–H and O–H groups in total. The molecule has 0 aromatic rings. The number of nitrogens with one attached hydrogen (secondary N) is 1. The summed E-state index contributed by atoms with van der Waals surface area (Å²) in [6.07, 6.45) is 12.0. The molecule has 2 nitrogen and oxygen atoms in total. The Bertz CT molecular complexity index is 408. The molecule has 0 aromatic heterocycles. The number of carbonyl (C=O) groups excluding carboxylic acids is 1. The largest absolute Gasteiger partial charge is 0.325 e. The van der Waals surface area contributed by atoms with Crippen molar-refractivity contribution in [3.63, 3.8) is 0 Å². The summed E-state index contributed by atoms with van der Waals surface area (Å²) in [6.45, 7) is 3.86. The molecule has 0 unspecified atom stereocenters. The number of allylic oxidation sites excluding steroid dienone is 6. The van der Waals surface area contributed by atoms with Crippen molar-refractivity contribution in [1.29, 1.82) is 0 Å². The lowest BCUT2D eigenvalue weighted by Crippen LogP contribution is -2.26. The predicted octanol–water partition coefficient (Wildman–Crippen LogP) is 2.00. The van der Waals surface area contributed by atoms with Crippen LogP contribution in [-0.2, 0) is 4.79 Å². The second-order valence-corrected chi connectivity index (χ2v) is 3.26. The van der Waals surface area contributed by atoms with Gasteiger partial charge in [0, 0.05) is 12.1 Å². The molecule has 14 heavy (non-hydrogen) atoms. The van der Waals surface area contributed by atoms with Gasteiger partial charge in [0.15, 0.2) is 0 Å². The van der Waals surface area contributed by atoms with Crippen molar-refractivity contribution >= 4 is 5.91 Å². The van der Waals surface area contributed by atoms with E-state index in [0.717, 1.165) is 16.8 Å². The monoisotopic (exact) mass is 185 g/mol. The Labute approximate surface area is 83.0 Å². The van der Waals surface area contributed by atoms with Gasteiger partial charge in [0.25, 0.3) is 0 Å². The molecule has 2 rings (SSSR count). The highest BCUT2D eigenvalue weighted by atomic mass is 16.1. The molecular formula is C12H11NO. The van der Waals surface area contributed by atoms with Crippen LogP contribution in [0.25, 0.3) is 0 Å². The molecule has 0 bridgehead atoms. The average Bonchev–Trinajstić information content (AvgIpc) is 2.12. The van der Waals surface area contributed by atoms with Crippen LogP contribution in [0.1, 0.15) is 6.42 Å². The van der Waals surface area contributed by atoms with E-state index >= 15 is 0 Å². The first kappa shape index (κ1) is 8.75. The third-order valence-electron chi connectivity index (χ3n) is 2.12. The van der Waals surface area contributed by atoms with Crippen LogP contribution >= 0.6 is 0 Å². The lowest BCUT2D eigenvalue weighted by atomic mass is 10.0. The maximum Gasteiger partial charge on any atom is 0.228 e. The van der Waals surface area contributed by atoms with Crippen molar-refractivity contribution in [2.75, 3.05) is 0 Å². The standard InChI is InChI=1S/C12H11NO/c1-9-4-2-3-5-10-6-7-12(14)13-11(10)8-9/h2-6,8H,1,7H2,(H,13,14)/b4-2-,5-3-,11-8+. The second-order valence-electron chi connectivity index (χ2n) is 3.26. The van der Waals surface area contributed by atoms with Gasteiger partial charge in [-0.05, 0) is 17.2 Å². The predicted molar refractivity (Wildman–Crippen MR) is 56.3 cm³/mol. The fourth-order valence-electron chi connectivity index (χ4n) is 1.44. The maximum absolute atomic E-state index is 11.2. The molecule has 1 aliphatic heterocycles. The Hall–Kier alpha value is -1.83. The highest BCUT2D eigenvalue weighted by Gasteiger charge is 2.13. The van der Waals surface area contributed by atoms with Gasteiger partial charge in [-0.2, -0.15) is 0 Å². The molecule has 0 aromatic carbocycles. The molecule has 0 spiro atoms. The van der Waals surface area contributed by atoms with Crippen LogP contribution in [0, 0.1) is 0 Å². The summed E-state index contributed by atoms with van der Waals surface area (Å²) in [7, 11) is 0. The van der Waals surface area contributed by atoms with E-state index in [1.807, 2.05) is 36.5 Å². The van der Waals surface area contributed by atoms with E-state index in [1.54, 1.807) is 0 Å². The van der Waals surface area contributed by atoms with Crippen molar-refractivity contribution in [1.82, 2.24) is 5.32 Å². The van der Waals surface area contributed by atoms with Crippen molar-refractivity contribution in [2.45, 2.75) is 6.42 Å². The van der Waals surface area contributed by atoms with Gasteiger partial charge in [0.1, 0.15) is 0 Å². The third kappa shape index (κ3) is 1.74. The Kier molecular flexibility index (Phi) is 2.19. The van der Waals surface area contributed by atoms with Gasteiger partial charge in [0.2, 0.25) is 5.91 Å². The summed E-state index contributed by atoms with van der Waals surface area (Å²) in [5, 5.41) is 2.82. The number of fused-ring (bicyclic) bond motifs is 1. The zero-order valence-corrected chi connectivity index (χ0v) is 7.79. The molecule has 0 saturated carbocycles. The van der Waals surface area contributed by atoms with Crippen LogP contribution in [-0.4, -0.2) is 5.91 Å². The number of hydrogen-bond acceptors (Lipinski definition) is 1. The summed E-state index contributed by atoms with van der Waals surface area (Å²) in [5.74, 6) is 0.0331. The number of hydrogen-bond donors (Lipinski definition) is 1. The first-order valence-electron chi connectivity index (χ1n) is 4.51. The van der Waals surface area contributed by atoms with Gasteiger partial charge >= 0.3 is 0 Å². The molecule has 1 heterocycles. The zero-order valence-electron chi connectivity index (χ0n) is 7.79. The van der Waals surface area contributed by atoms with Crippen LogP contribution in [0.2, 0.25) is 0 Å². The lowest BCUT2D eigenvalue weighted by Gasteiger charge is -2.16. The number of carbonyl (C=O) groups is 1. The minimum Gasteiger partial charge on any atom is -0.325 e. The Balaban J connectivity index is 2.44. The van der Waals surface area contributed by atoms with E-state index in [-0.39, 0.29) is 5.91 Å². The van der Waals surface area contributed by atoms with Gasteiger partial charge < -0.3 is 5.32 Å². The zero-order chi connectivity index (χ0) is 9.97. The molecule has 0 fully saturated rings. The molecule has 1 amide bonds. The van der Waals surface area contributed by atoms with Gasteiger partial charge in [-0.1, -0.05) is 37.0 Å². The van der Waals surface area contributed by atoms with Crippen molar-refractivity contribution in [3.8, 4) is 0 Å². The summed E-state index contributed by atoms with van der Waals surface area (Å²) in [5.41, 5.74) is 2.78. The maximum atomic E-state index is 11.2. The fraction of sp³-hybridized carbons (Fsp3) is 0.0833. The van der Waals surface area contributed by atoms with Gasteiger partial charge in [0.05, 0.1) is 0 Å². The van der Waals surface area contributed by atoms with Gasteiger partial charge in [-0.25, -0.2) is 0 Å². The smallest absolute Gasteiger partial charge is 0.228 e. The summed E-state index contributed by atoms with van der Waals surface area (Å²) >= 11 is 0. The van der Waals surface area contributed by atoms with Crippen LogP contribution in [0.4, 0.5) is 0 Å². The highest BCUT2D eigenvalue weighted by molar-refractivity contribution is 5.83. The normalized spacial score (nSPS) is 28.6. The van der Waals surface area contributed by atoms with Crippen molar-refractivity contribution < 1.29 is 4.79 Å². The minimum absolute atomic E-state index is 0.0331. The Morgan fingerprint density at radius 1 is 1.29 bits per heavy atom. The third-order valence-corrected chi connectivity index (χ3v) is 2.12.